The quantitative estimate of drug-likeness (QED) is 0.322. The van der Waals surface area contributed by atoms with Crippen molar-refractivity contribution in [1.29, 1.82) is 0 Å². The summed E-state index contributed by atoms with van der Waals surface area (Å²) in [6, 6.07) is 11.2. The van der Waals surface area contributed by atoms with Crippen LogP contribution in [0, 0.1) is 0 Å². The molecule has 9 heteroatoms. The van der Waals surface area contributed by atoms with Gasteiger partial charge < -0.3 is 29.0 Å². The Labute approximate surface area is 210 Å². The van der Waals surface area contributed by atoms with E-state index in [9.17, 15) is 14.7 Å². The highest BCUT2D eigenvalue weighted by Crippen LogP contribution is 2.45. The van der Waals surface area contributed by atoms with Crippen molar-refractivity contribution >= 4 is 17.4 Å². The van der Waals surface area contributed by atoms with Crippen LogP contribution in [0.1, 0.15) is 23.6 Å². The van der Waals surface area contributed by atoms with Crippen LogP contribution in [-0.4, -0.2) is 87.3 Å². The van der Waals surface area contributed by atoms with Crippen molar-refractivity contribution in [2.45, 2.75) is 12.5 Å². The molecule has 0 aliphatic carbocycles. The van der Waals surface area contributed by atoms with Gasteiger partial charge in [0.15, 0.2) is 11.5 Å². The zero-order valence-corrected chi connectivity index (χ0v) is 20.9. The number of carbonyl (C=O) groups excluding carboxylic acids is 2. The first-order valence-corrected chi connectivity index (χ1v) is 11.9. The number of hydrogen-bond donors (Lipinski definition) is 1. The monoisotopic (exact) mass is 496 g/mol. The number of benzene rings is 2. The zero-order valence-electron chi connectivity index (χ0n) is 20.9. The molecule has 2 saturated heterocycles. The number of amides is 1. The molecule has 2 aromatic rings. The molecule has 2 aliphatic rings. The molecule has 0 radical (unpaired) electrons. The van der Waals surface area contributed by atoms with E-state index in [-0.39, 0.29) is 11.3 Å². The molecule has 2 aromatic carbocycles. The summed E-state index contributed by atoms with van der Waals surface area (Å²) in [5, 5.41) is 11.3. The first-order chi connectivity index (χ1) is 17.5. The molecule has 0 unspecified atom stereocenters. The number of ether oxygens (including phenoxy) is 4. The Morgan fingerprint density at radius 3 is 2.33 bits per heavy atom. The number of nitrogens with zero attached hydrogens (tertiary/aromatic N) is 2. The van der Waals surface area contributed by atoms with Gasteiger partial charge in [-0.15, -0.1) is 0 Å². The van der Waals surface area contributed by atoms with Gasteiger partial charge in [-0.2, -0.15) is 0 Å². The largest absolute Gasteiger partial charge is 0.507 e. The first-order valence-electron chi connectivity index (χ1n) is 11.9. The number of hydrogen-bond acceptors (Lipinski definition) is 8. The highest BCUT2D eigenvalue weighted by atomic mass is 16.5. The number of para-hydroxylation sites is 1. The predicted molar refractivity (Wildman–Crippen MR) is 133 cm³/mol. The zero-order chi connectivity index (χ0) is 25.7. The third kappa shape index (κ3) is 5.03. The topological polar surface area (TPSA) is 97.8 Å². The molecular formula is C27H32N2O7. The molecule has 0 aromatic heterocycles. The second-order valence-corrected chi connectivity index (χ2v) is 8.61. The van der Waals surface area contributed by atoms with Crippen molar-refractivity contribution in [3.8, 4) is 17.2 Å². The van der Waals surface area contributed by atoms with E-state index in [4.69, 9.17) is 18.9 Å². The van der Waals surface area contributed by atoms with Gasteiger partial charge in [0.05, 0.1) is 46.2 Å². The first kappa shape index (κ1) is 25.5. The smallest absolute Gasteiger partial charge is 0.295 e. The van der Waals surface area contributed by atoms with E-state index in [1.54, 1.807) is 49.6 Å². The summed E-state index contributed by atoms with van der Waals surface area (Å²) in [6.07, 6.45) is 0.665. The van der Waals surface area contributed by atoms with Gasteiger partial charge in [0.2, 0.25) is 0 Å². The molecule has 2 heterocycles. The van der Waals surface area contributed by atoms with Crippen molar-refractivity contribution in [1.82, 2.24) is 9.80 Å². The van der Waals surface area contributed by atoms with Gasteiger partial charge in [-0.05, 0) is 36.8 Å². The Balaban J connectivity index is 1.75. The SMILES string of the molecule is COc1ccc(/C(O)=C2\C(=O)C(=O)N(CCCN3CCOCC3)[C@@H]2c2cccc(OC)c2OC)cc1. The lowest BCUT2D eigenvalue weighted by Gasteiger charge is -2.30. The van der Waals surface area contributed by atoms with E-state index in [1.807, 2.05) is 0 Å². The van der Waals surface area contributed by atoms with E-state index in [1.165, 1.54) is 19.1 Å². The Hall–Kier alpha value is -3.56. The fraction of sp³-hybridized carbons (Fsp3) is 0.407. The van der Waals surface area contributed by atoms with E-state index in [0.717, 1.165) is 19.6 Å². The molecule has 2 fully saturated rings. The summed E-state index contributed by atoms with van der Waals surface area (Å²) < 4.78 is 21.7. The van der Waals surface area contributed by atoms with Crippen LogP contribution < -0.4 is 14.2 Å². The van der Waals surface area contributed by atoms with Crippen LogP contribution in [0.3, 0.4) is 0 Å². The lowest BCUT2D eigenvalue weighted by atomic mass is 9.94. The number of aliphatic hydroxyl groups excluding tert-OH is 1. The van der Waals surface area contributed by atoms with Crippen molar-refractivity contribution in [2.24, 2.45) is 0 Å². The van der Waals surface area contributed by atoms with Crippen molar-refractivity contribution in [3.05, 3.63) is 59.2 Å². The summed E-state index contributed by atoms with van der Waals surface area (Å²) in [5.74, 6) is -0.141. The lowest BCUT2D eigenvalue weighted by molar-refractivity contribution is -0.140. The van der Waals surface area contributed by atoms with Crippen molar-refractivity contribution < 1.29 is 33.6 Å². The number of likely N-dealkylation sites (tertiary alicyclic amines) is 1. The third-order valence-corrected chi connectivity index (χ3v) is 6.61. The minimum absolute atomic E-state index is 0.0168. The van der Waals surface area contributed by atoms with Crippen LogP contribution in [0.5, 0.6) is 17.2 Å². The number of morpholine rings is 1. The average Bonchev–Trinajstić information content (AvgIpc) is 3.17. The summed E-state index contributed by atoms with van der Waals surface area (Å²) in [7, 11) is 4.58. The third-order valence-electron chi connectivity index (χ3n) is 6.61. The van der Waals surface area contributed by atoms with Gasteiger partial charge in [0, 0.05) is 37.3 Å². The maximum atomic E-state index is 13.3. The lowest BCUT2D eigenvalue weighted by Crippen LogP contribution is -2.39. The van der Waals surface area contributed by atoms with Crippen LogP contribution in [0.2, 0.25) is 0 Å². The van der Waals surface area contributed by atoms with Crippen molar-refractivity contribution in [3.63, 3.8) is 0 Å². The molecule has 192 valence electrons. The molecule has 1 amide bonds. The maximum Gasteiger partial charge on any atom is 0.295 e. The number of aliphatic hydroxyl groups is 1. The molecule has 0 bridgehead atoms. The molecule has 0 saturated carbocycles. The van der Waals surface area contributed by atoms with Gasteiger partial charge in [-0.1, -0.05) is 12.1 Å². The van der Waals surface area contributed by atoms with Crippen LogP contribution in [0.4, 0.5) is 0 Å². The molecule has 4 rings (SSSR count). The molecular weight excluding hydrogens is 464 g/mol. The highest BCUT2D eigenvalue weighted by Gasteiger charge is 2.47. The number of ketones is 1. The Morgan fingerprint density at radius 1 is 0.972 bits per heavy atom. The summed E-state index contributed by atoms with van der Waals surface area (Å²) >= 11 is 0. The molecule has 0 spiro atoms. The van der Waals surface area contributed by atoms with E-state index < -0.39 is 17.7 Å². The van der Waals surface area contributed by atoms with E-state index in [0.29, 0.717) is 54.6 Å². The Morgan fingerprint density at radius 2 is 1.69 bits per heavy atom. The van der Waals surface area contributed by atoms with Gasteiger partial charge in [-0.25, -0.2) is 0 Å². The highest BCUT2D eigenvalue weighted by molar-refractivity contribution is 6.46. The van der Waals surface area contributed by atoms with Gasteiger partial charge >= 0.3 is 0 Å². The minimum Gasteiger partial charge on any atom is -0.507 e. The normalized spacial score (nSPS) is 20.0. The van der Waals surface area contributed by atoms with Crippen LogP contribution >= 0.6 is 0 Å². The molecule has 1 atom stereocenters. The van der Waals surface area contributed by atoms with Crippen LogP contribution in [0.15, 0.2) is 48.0 Å². The van der Waals surface area contributed by atoms with Crippen LogP contribution in [0.25, 0.3) is 5.76 Å². The number of methoxy groups -OCH3 is 3. The average molecular weight is 497 g/mol. The van der Waals surface area contributed by atoms with Crippen LogP contribution in [-0.2, 0) is 14.3 Å². The predicted octanol–water partition coefficient (Wildman–Crippen LogP) is 2.86. The molecule has 9 nitrogen and oxygen atoms in total. The fourth-order valence-corrected chi connectivity index (χ4v) is 4.76. The second-order valence-electron chi connectivity index (χ2n) is 8.61. The Kier molecular flexibility index (Phi) is 8.12. The second kappa shape index (κ2) is 11.5. The molecule has 36 heavy (non-hydrogen) atoms. The van der Waals surface area contributed by atoms with E-state index >= 15 is 0 Å². The molecule has 2 aliphatic heterocycles. The molecule has 1 N–H and O–H groups in total. The summed E-state index contributed by atoms with van der Waals surface area (Å²) in [5.41, 5.74) is 0.995. The number of carbonyl (C=O) groups is 2. The maximum absolute atomic E-state index is 13.3. The van der Waals surface area contributed by atoms with Crippen molar-refractivity contribution in [2.75, 3.05) is 60.7 Å². The summed E-state index contributed by atoms with van der Waals surface area (Å²) in [6.45, 7) is 4.16. The fourth-order valence-electron chi connectivity index (χ4n) is 4.76. The standard InChI is InChI=1S/C27H32N2O7/c1-33-19-10-8-18(9-11-19)24(30)22-23(20-6-4-7-21(34-2)26(20)35-3)29(27(32)25(22)31)13-5-12-28-14-16-36-17-15-28/h4,6-11,23,30H,5,12-17H2,1-3H3/b24-22+/t23-/m1/s1. The summed E-state index contributed by atoms with van der Waals surface area (Å²) in [4.78, 5) is 30.4. The van der Waals surface area contributed by atoms with E-state index in [2.05, 4.69) is 4.90 Å². The van der Waals surface area contributed by atoms with Gasteiger partial charge in [0.25, 0.3) is 11.7 Å². The van der Waals surface area contributed by atoms with Gasteiger partial charge in [0.1, 0.15) is 11.5 Å². The Bertz CT molecular complexity index is 1120. The van der Waals surface area contributed by atoms with Gasteiger partial charge in [-0.3, -0.25) is 14.5 Å². The number of rotatable bonds is 9. The number of Topliss-reactive ketones (excluding diaryl/α,β-unsaturated/α-hetero) is 1. The minimum atomic E-state index is -0.832.